The first-order valence-electron chi connectivity index (χ1n) is 7.17. The van der Waals surface area contributed by atoms with Crippen molar-refractivity contribution >= 4 is 23.2 Å². The monoisotopic (exact) mass is 287 g/mol. The predicted octanol–water partition coefficient (Wildman–Crippen LogP) is 2.59. The molecule has 1 unspecified atom stereocenters. The van der Waals surface area contributed by atoms with Crippen LogP contribution in [-0.2, 0) is 14.4 Å². The van der Waals surface area contributed by atoms with E-state index in [1.807, 2.05) is 32.0 Å². The highest BCUT2D eigenvalue weighted by Crippen LogP contribution is 2.36. The lowest BCUT2D eigenvalue weighted by molar-refractivity contribution is -0.134. The van der Waals surface area contributed by atoms with E-state index < -0.39 is 5.41 Å². The lowest BCUT2D eigenvalue weighted by Gasteiger charge is -2.22. The second-order valence-corrected chi connectivity index (χ2v) is 6.12. The third-order valence-corrected chi connectivity index (χ3v) is 4.41. The highest BCUT2D eigenvalue weighted by molar-refractivity contribution is 6.20. The Hall–Kier alpha value is -1.97. The van der Waals surface area contributed by atoms with E-state index in [1.54, 1.807) is 6.92 Å². The van der Waals surface area contributed by atoms with Crippen molar-refractivity contribution in [1.29, 1.82) is 0 Å². The molecule has 0 N–H and O–H groups in total. The van der Waals surface area contributed by atoms with Crippen LogP contribution in [0, 0.1) is 19.3 Å². The van der Waals surface area contributed by atoms with E-state index in [0.717, 1.165) is 16.8 Å². The van der Waals surface area contributed by atoms with E-state index >= 15 is 0 Å². The van der Waals surface area contributed by atoms with E-state index in [9.17, 15) is 14.4 Å². The standard InChI is InChI=1S/C17H21NO3/c1-11-5-6-14(9-12(11)2)18-10-15(20)17(4,16(18)21)8-7-13(3)19/h5-6,9H,7-8,10H2,1-4H3. The number of amides is 1. The van der Waals surface area contributed by atoms with Crippen molar-refractivity contribution < 1.29 is 14.4 Å². The van der Waals surface area contributed by atoms with Gasteiger partial charge in [0, 0.05) is 12.1 Å². The molecule has 0 aromatic heterocycles. The maximum absolute atomic E-state index is 12.6. The van der Waals surface area contributed by atoms with Gasteiger partial charge in [-0.25, -0.2) is 0 Å². The van der Waals surface area contributed by atoms with Crippen LogP contribution >= 0.6 is 0 Å². The average Bonchev–Trinajstić information content (AvgIpc) is 2.65. The summed E-state index contributed by atoms with van der Waals surface area (Å²) in [5, 5.41) is 0. The van der Waals surface area contributed by atoms with Gasteiger partial charge in [0.25, 0.3) is 0 Å². The molecule has 0 radical (unpaired) electrons. The van der Waals surface area contributed by atoms with E-state index in [2.05, 4.69) is 0 Å². The second kappa shape index (κ2) is 5.43. The lowest BCUT2D eigenvalue weighted by atomic mass is 9.82. The molecule has 2 rings (SSSR count). The van der Waals surface area contributed by atoms with Crippen molar-refractivity contribution in [2.75, 3.05) is 11.4 Å². The highest BCUT2D eigenvalue weighted by Gasteiger charge is 2.50. The van der Waals surface area contributed by atoms with E-state index in [4.69, 9.17) is 0 Å². The molecule has 0 saturated carbocycles. The Morgan fingerprint density at radius 2 is 1.90 bits per heavy atom. The van der Waals surface area contributed by atoms with Gasteiger partial charge in [0.05, 0.1) is 6.54 Å². The summed E-state index contributed by atoms with van der Waals surface area (Å²) < 4.78 is 0. The number of ketones is 2. The molecule has 1 fully saturated rings. The third-order valence-electron chi connectivity index (χ3n) is 4.41. The first-order chi connectivity index (χ1) is 9.75. The summed E-state index contributed by atoms with van der Waals surface area (Å²) in [6.07, 6.45) is 0.552. The Morgan fingerprint density at radius 3 is 2.48 bits per heavy atom. The number of anilines is 1. The predicted molar refractivity (Wildman–Crippen MR) is 81.3 cm³/mol. The molecule has 4 nitrogen and oxygen atoms in total. The number of benzene rings is 1. The molecule has 0 spiro atoms. The summed E-state index contributed by atoms with van der Waals surface area (Å²) in [7, 11) is 0. The van der Waals surface area contributed by atoms with Gasteiger partial charge >= 0.3 is 0 Å². The highest BCUT2D eigenvalue weighted by atomic mass is 16.2. The normalized spacial score (nSPS) is 22.0. The zero-order valence-electron chi connectivity index (χ0n) is 13.0. The summed E-state index contributed by atoms with van der Waals surface area (Å²) in [6.45, 7) is 7.22. The minimum Gasteiger partial charge on any atom is -0.304 e. The Bertz CT molecular complexity index is 620. The largest absolute Gasteiger partial charge is 0.304 e. The molecule has 1 saturated heterocycles. The molecule has 1 amide bonds. The topological polar surface area (TPSA) is 54.5 Å². The van der Waals surface area contributed by atoms with E-state index in [0.29, 0.717) is 6.42 Å². The fraction of sp³-hybridized carbons (Fsp3) is 0.471. The van der Waals surface area contributed by atoms with Gasteiger partial charge in [-0.3, -0.25) is 9.59 Å². The number of hydrogen-bond acceptors (Lipinski definition) is 3. The molecule has 1 aromatic rings. The maximum atomic E-state index is 12.6. The number of carbonyl (C=O) groups is 3. The Labute approximate surface area is 125 Å². The smallest absolute Gasteiger partial charge is 0.240 e. The van der Waals surface area contributed by atoms with Gasteiger partial charge < -0.3 is 9.69 Å². The average molecular weight is 287 g/mol. The first kappa shape index (κ1) is 15.4. The number of hydrogen-bond donors (Lipinski definition) is 0. The minimum atomic E-state index is -1.07. The summed E-state index contributed by atoms with van der Waals surface area (Å²) in [4.78, 5) is 37.6. The fourth-order valence-electron chi connectivity index (χ4n) is 2.58. The second-order valence-electron chi connectivity index (χ2n) is 6.12. The van der Waals surface area contributed by atoms with Crippen LogP contribution < -0.4 is 4.90 Å². The van der Waals surface area contributed by atoms with E-state index in [1.165, 1.54) is 11.8 Å². The number of aryl methyl sites for hydroxylation is 2. The van der Waals surface area contributed by atoms with Gasteiger partial charge in [0.1, 0.15) is 11.2 Å². The van der Waals surface area contributed by atoms with Crippen molar-refractivity contribution in [3.63, 3.8) is 0 Å². The van der Waals surface area contributed by atoms with Gasteiger partial charge in [0.2, 0.25) is 5.91 Å². The molecular weight excluding hydrogens is 266 g/mol. The molecule has 1 atom stereocenters. The molecular formula is C17H21NO3. The van der Waals surface area contributed by atoms with Gasteiger partial charge in [-0.1, -0.05) is 6.07 Å². The Morgan fingerprint density at radius 1 is 1.24 bits per heavy atom. The zero-order valence-corrected chi connectivity index (χ0v) is 13.0. The third kappa shape index (κ3) is 2.75. The van der Waals surface area contributed by atoms with Crippen LogP contribution in [0.2, 0.25) is 0 Å². The number of carbonyl (C=O) groups excluding carboxylic acids is 3. The summed E-state index contributed by atoms with van der Waals surface area (Å²) >= 11 is 0. The van der Waals surface area contributed by atoms with Crippen LogP contribution in [0.3, 0.4) is 0 Å². The first-order valence-corrected chi connectivity index (χ1v) is 7.17. The van der Waals surface area contributed by atoms with Gasteiger partial charge in [0.15, 0.2) is 5.78 Å². The lowest BCUT2D eigenvalue weighted by Crippen LogP contribution is -2.34. The fourth-order valence-corrected chi connectivity index (χ4v) is 2.58. The summed E-state index contributed by atoms with van der Waals surface area (Å²) in [6, 6.07) is 5.75. The SMILES string of the molecule is CC(=O)CCC1(C)C(=O)CN(c2ccc(C)c(C)c2)C1=O. The molecule has 112 valence electrons. The number of rotatable bonds is 4. The van der Waals surface area contributed by atoms with Gasteiger partial charge in [-0.05, 0) is 57.4 Å². The van der Waals surface area contributed by atoms with E-state index in [-0.39, 0.29) is 30.4 Å². The van der Waals surface area contributed by atoms with Gasteiger partial charge in [-0.2, -0.15) is 0 Å². The van der Waals surface area contributed by atoms with Crippen LogP contribution in [0.15, 0.2) is 18.2 Å². The molecule has 21 heavy (non-hydrogen) atoms. The summed E-state index contributed by atoms with van der Waals surface area (Å²) in [5.74, 6) is -0.301. The molecule has 1 aliphatic rings. The maximum Gasteiger partial charge on any atom is 0.240 e. The molecule has 1 aromatic carbocycles. The van der Waals surface area contributed by atoms with Crippen molar-refractivity contribution in [2.24, 2.45) is 5.41 Å². The molecule has 4 heteroatoms. The Kier molecular flexibility index (Phi) is 3.99. The van der Waals surface area contributed by atoms with Gasteiger partial charge in [-0.15, -0.1) is 0 Å². The molecule has 0 bridgehead atoms. The van der Waals surface area contributed by atoms with Crippen molar-refractivity contribution in [2.45, 2.75) is 40.5 Å². The summed E-state index contributed by atoms with van der Waals surface area (Å²) in [5.41, 5.74) is 1.92. The van der Waals surface area contributed by atoms with Crippen LogP contribution in [0.5, 0.6) is 0 Å². The van der Waals surface area contributed by atoms with Crippen molar-refractivity contribution in [3.8, 4) is 0 Å². The van der Waals surface area contributed by atoms with Crippen LogP contribution in [0.25, 0.3) is 0 Å². The molecule has 0 aliphatic carbocycles. The molecule has 1 heterocycles. The van der Waals surface area contributed by atoms with Crippen molar-refractivity contribution in [1.82, 2.24) is 0 Å². The van der Waals surface area contributed by atoms with Crippen molar-refractivity contribution in [3.05, 3.63) is 29.3 Å². The van der Waals surface area contributed by atoms with Crippen LogP contribution in [-0.4, -0.2) is 24.0 Å². The number of nitrogens with zero attached hydrogens (tertiary/aromatic N) is 1. The van der Waals surface area contributed by atoms with Crippen LogP contribution in [0.1, 0.15) is 37.8 Å². The molecule has 1 aliphatic heterocycles. The quantitative estimate of drug-likeness (QED) is 0.800. The van der Waals surface area contributed by atoms with Crippen LogP contribution in [0.4, 0.5) is 5.69 Å². The Balaban J connectivity index is 2.28. The number of Topliss-reactive ketones (excluding diaryl/α,β-unsaturated/α-hetero) is 2. The minimum absolute atomic E-state index is 0.00135. The zero-order chi connectivity index (χ0) is 15.8.